The SMILES string of the molecule is COCOc1cc(N(CC(=O)O)C(=O)OC(C)(C)C)cc2c1C(=O)O[C@@H](C)[C@H](C)/C=C\[C@@H](OCc1ccc(OC)cc1)[C@H]1OC(C)(C)O[C@H]1CC=C2. The van der Waals surface area contributed by atoms with Crippen LogP contribution in [-0.4, -0.2) is 86.5 Å². The van der Waals surface area contributed by atoms with Gasteiger partial charge in [0, 0.05) is 19.1 Å². The summed E-state index contributed by atoms with van der Waals surface area (Å²) in [5.41, 5.74) is 0.530. The number of ether oxygens (including phenoxy) is 8. The first-order chi connectivity index (χ1) is 24.5. The van der Waals surface area contributed by atoms with Crippen molar-refractivity contribution in [2.24, 2.45) is 5.92 Å². The fourth-order valence-corrected chi connectivity index (χ4v) is 5.68. The van der Waals surface area contributed by atoms with Crippen LogP contribution in [0.5, 0.6) is 11.5 Å². The van der Waals surface area contributed by atoms with Crippen molar-refractivity contribution in [2.45, 2.75) is 97.3 Å². The van der Waals surface area contributed by atoms with E-state index < -0.39 is 60.4 Å². The Balaban J connectivity index is 1.79. The number of amides is 1. The molecule has 0 aliphatic carbocycles. The monoisotopic (exact) mass is 725 g/mol. The van der Waals surface area contributed by atoms with Crippen LogP contribution in [0.15, 0.2) is 54.6 Å². The van der Waals surface area contributed by atoms with Gasteiger partial charge in [-0.2, -0.15) is 0 Å². The van der Waals surface area contributed by atoms with Gasteiger partial charge in [-0.25, -0.2) is 9.59 Å². The van der Waals surface area contributed by atoms with E-state index in [4.69, 9.17) is 37.9 Å². The summed E-state index contributed by atoms with van der Waals surface area (Å²) in [7, 11) is 3.03. The molecular formula is C39H51NO12. The summed E-state index contributed by atoms with van der Waals surface area (Å²) in [6, 6.07) is 10.5. The highest BCUT2D eigenvalue weighted by Crippen LogP contribution is 2.36. The number of methoxy groups -OCH3 is 2. The van der Waals surface area contributed by atoms with Crippen molar-refractivity contribution in [1.29, 1.82) is 0 Å². The van der Waals surface area contributed by atoms with Crippen LogP contribution < -0.4 is 14.4 Å². The molecule has 2 aromatic rings. The van der Waals surface area contributed by atoms with Gasteiger partial charge < -0.3 is 43.0 Å². The van der Waals surface area contributed by atoms with E-state index in [1.807, 2.05) is 63.3 Å². The van der Waals surface area contributed by atoms with Crippen molar-refractivity contribution in [3.05, 3.63) is 71.3 Å². The lowest BCUT2D eigenvalue weighted by Gasteiger charge is -2.28. The Kier molecular flexibility index (Phi) is 13.5. The smallest absolute Gasteiger partial charge is 0.415 e. The lowest BCUT2D eigenvalue weighted by atomic mass is 9.98. The lowest BCUT2D eigenvalue weighted by Crippen LogP contribution is -2.40. The maximum Gasteiger partial charge on any atom is 0.415 e. The zero-order valence-corrected chi connectivity index (χ0v) is 31.4. The van der Waals surface area contributed by atoms with Crippen molar-refractivity contribution < 1.29 is 57.4 Å². The van der Waals surface area contributed by atoms with Crippen LogP contribution in [0.2, 0.25) is 0 Å². The van der Waals surface area contributed by atoms with E-state index in [2.05, 4.69) is 0 Å². The number of cyclic esters (lactones) is 1. The van der Waals surface area contributed by atoms with Crippen LogP contribution in [0, 0.1) is 5.92 Å². The van der Waals surface area contributed by atoms with E-state index in [0.717, 1.165) is 16.2 Å². The lowest BCUT2D eigenvalue weighted by molar-refractivity contribution is -0.156. The maximum atomic E-state index is 14.0. The van der Waals surface area contributed by atoms with Gasteiger partial charge in [-0.15, -0.1) is 0 Å². The molecule has 0 bridgehead atoms. The van der Waals surface area contributed by atoms with Crippen molar-refractivity contribution in [3.63, 3.8) is 0 Å². The normalized spacial score (nSPS) is 23.7. The largest absolute Gasteiger partial charge is 0.497 e. The Morgan fingerprint density at radius 2 is 1.75 bits per heavy atom. The highest BCUT2D eigenvalue weighted by atomic mass is 16.8. The average Bonchev–Trinajstić information content (AvgIpc) is 3.38. The Labute approximate surface area is 305 Å². The number of benzene rings is 2. The molecule has 1 N–H and O–H groups in total. The first-order valence-corrected chi connectivity index (χ1v) is 17.2. The van der Waals surface area contributed by atoms with Crippen molar-refractivity contribution in [2.75, 3.05) is 32.5 Å². The van der Waals surface area contributed by atoms with E-state index in [0.29, 0.717) is 18.6 Å². The van der Waals surface area contributed by atoms with Gasteiger partial charge in [-0.1, -0.05) is 43.4 Å². The molecule has 284 valence electrons. The quantitative estimate of drug-likeness (QED) is 0.157. The van der Waals surface area contributed by atoms with E-state index in [1.54, 1.807) is 40.9 Å². The Bertz CT molecular complexity index is 1610. The van der Waals surface area contributed by atoms with Gasteiger partial charge >= 0.3 is 18.0 Å². The van der Waals surface area contributed by atoms with E-state index in [-0.39, 0.29) is 29.7 Å². The summed E-state index contributed by atoms with van der Waals surface area (Å²) in [4.78, 5) is 40.2. The van der Waals surface area contributed by atoms with Crippen LogP contribution in [0.25, 0.3) is 6.08 Å². The highest BCUT2D eigenvalue weighted by molar-refractivity contribution is 6.00. The molecule has 1 saturated heterocycles. The molecule has 4 rings (SSSR count). The Morgan fingerprint density at radius 3 is 2.38 bits per heavy atom. The molecular weight excluding hydrogens is 674 g/mol. The molecule has 13 nitrogen and oxygen atoms in total. The van der Waals surface area contributed by atoms with Gasteiger partial charge in [0.1, 0.15) is 47.5 Å². The molecule has 5 atom stereocenters. The maximum absolute atomic E-state index is 14.0. The highest BCUT2D eigenvalue weighted by Gasteiger charge is 2.44. The number of fused-ring (bicyclic) bond motifs is 2. The second-order valence-electron chi connectivity index (χ2n) is 14.2. The predicted molar refractivity (Wildman–Crippen MR) is 192 cm³/mol. The second kappa shape index (κ2) is 17.4. The number of carbonyl (C=O) groups excluding carboxylic acids is 2. The Hall–Kier alpha value is -4.43. The standard InChI is InChI=1S/C39H51NO12/c1-24-13-18-30(47-22-26-14-16-29(46-9)17-15-26)35-31(50-39(6,7)51-35)12-10-11-27-19-28(40(21-33(41)42)37(44)52-38(3,4)5)20-32(48-23-45-8)34(27)36(43)49-25(24)2/h10-11,13-20,24-25,30-31,35H,12,21-23H2,1-9H3,(H,41,42)/b11-10?,18-13-/t24-,25+,30-,31+,35-/m1/s1. The minimum atomic E-state index is -1.27. The number of hydrogen-bond donors (Lipinski definition) is 1. The zero-order chi connectivity index (χ0) is 38.2. The second-order valence-corrected chi connectivity index (χ2v) is 14.2. The van der Waals surface area contributed by atoms with E-state index in [1.165, 1.54) is 19.2 Å². The minimum absolute atomic E-state index is 0.0249. The summed E-state index contributed by atoms with van der Waals surface area (Å²) in [5.74, 6) is -2.36. The van der Waals surface area contributed by atoms with Crippen molar-refractivity contribution >= 4 is 29.8 Å². The molecule has 52 heavy (non-hydrogen) atoms. The van der Waals surface area contributed by atoms with Gasteiger partial charge in [0.15, 0.2) is 12.6 Å². The Morgan fingerprint density at radius 1 is 1.04 bits per heavy atom. The van der Waals surface area contributed by atoms with E-state index in [9.17, 15) is 19.5 Å². The molecule has 0 aromatic heterocycles. The summed E-state index contributed by atoms with van der Waals surface area (Å²) in [6.07, 6.45) is 4.72. The zero-order valence-electron chi connectivity index (χ0n) is 31.4. The molecule has 0 spiro atoms. The topological polar surface area (TPSA) is 149 Å². The number of carboxylic acid groups (broad SMARTS) is 1. The van der Waals surface area contributed by atoms with Gasteiger partial charge in [0.05, 0.1) is 25.5 Å². The third-order valence-corrected chi connectivity index (χ3v) is 8.32. The average molecular weight is 726 g/mol. The number of aliphatic carboxylic acids is 1. The third kappa shape index (κ3) is 11.0. The molecule has 2 heterocycles. The summed E-state index contributed by atoms with van der Waals surface area (Å²) in [5, 5.41) is 9.74. The van der Waals surface area contributed by atoms with Crippen LogP contribution in [0.3, 0.4) is 0 Å². The van der Waals surface area contributed by atoms with Crippen LogP contribution in [-0.2, 0) is 39.8 Å². The third-order valence-electron chi connectivity index (χ3n) is 8.32. The van der Waals surface area contributed by atoms with Crippen LogP contribution >= 0.6 is 0 Å². The first kappa shape index (κ1) is 40.3. The first-order valence-electron chi connectivity index (χ1n) is 17.2. The molecule has 2 aromatic carbocycles. The van der Waals surface area contributed by atoms with Gasteiger partial charge in [-0.3, -0.25) is 9.69 Å². The molecule has 1 fully saturated rings. The summed E-state index contributed by atoms with van der Waals surface area (Å²) < 4.78 is 47.1. The fourth-order valence-electron chi connectivity index (χ4n) is 5.68. The molecule has 2 aliphatic heterocycles. The van der Waals surface area contributed by atoms with Crippen molar-refractivity contribution in [1.82, 2.24) is 0 Å². The number of carbonyl (C=O) groups is 3. The van der Waals surface area contributed by atoms with Crippen LogP contribution in [0.4, 0.5) is 10.5 Å². The van der Waals surface area contributed by atoms with E-state index >= 15 is 0 Å². The van der Waals surface area contributed by atoms with Gasteiger partial charge in [-0.05, 0) is 77.3 Å². The van der Waals surface area contributed by atoms with Crippen LogP contribution in [0.1, 0.15) is 76.4 Å². The van der Waals surface area contributed by atoms with Gasteiger partial charge in [0.2, 0.25) is 0 Å². The number of nitrogens with zero attached hydrogens (tertiary/aromatic N) is 1. The molecule has 13 heteroatoms. The number of esters is 1. The fraction of sp³-hybridized carbons (Fsp3) is 0.513. The number of anilines is 1. The molecule has 0 unspecified atom stereocenters. The predicted octanol–water partition coefficient (Wildman–Crippen LogP) is 6.76. The number of rotatable bonds is 10. The number of carboxylic acids is 1. The van der Waals surface area contributed by atoms with Gasteiger partial charge in [0.25, 0.3) is 0 Å². The molecule has 2 aliphatic rings. The molecule has 0 radical (unpaired) electrons. The summed E-state index contributed by atoms with van der Waals surface area (Å²) in [6.45, 7) is 11.8. The number of hydrogen-bond acceptors (Lipinski definition) is 11. The molecule has 0 saturated carbocycles. The minimum Gasteiger partial charge on any atom is -0.497 e. The summed E-state index contributed by atoms with van der Waals surface area (Å²) >= 11 is 0. The molecule has 1 amide bonds. The van der Waals surface area contributed by atoms with Crippen molar-refractivity contribution in [3.8, 4) is 11.5 Å².